The summed E-state index contributed by atoms with van der Waals surface area (Å²) in [5.74, 6) is -0.639. The summed E-state index contributed by atoms with van der Waals surface area (Å²) in [6.07, 6.45) is 5.53. The number of hydrogen-bond donors (Lipinski definition) is 2. The molecule has 2 aliphatic heterocycles. The summed E-state index contributed by atoms with van der Waals surface area (Å²) in [7, 11) is 2.96. The number of amides is 1. The first-order valence-electron chi connectivity index (χ1n) is 10.2. The van der Waals surface area contributed by atoms with Crippen LogP contribution in [0.15, 0.2) is 68.9 Å². The Morgan fingerprint density at radius 1 is 1.21 bits per heavy atom. The number of anilines is 2. The van der Waals surface area contributed by atoms with E-state index in [1.165, 1.54) is 23.5 Å². The number of allylic oxidation sites excluding steroid dienone is 2. The molecule has 0 spiro atoms. The maximum absolute atomic E-state index is 12.4. The first kappa shape index (κ1) is 25.4. The van der Waals surface area contributed by atoms with Gasteiger partial charge in [-0.05, 0) is 54.5 Å². The van der Waals surface area contributed by atoms with Gasteiger partial charge in [-0.15, -0.1) is 11.8 Å². The molecule has 2 aromatic carbocycles. The van der Waals surface area contributed by atoms with Crippen LogP contribution in [0.4, 0.5) is 11.4 Å². The van der Waals surface area contributed by atoms with Crippen LogP contribution in [0.2, 0.25) is 10.0 Å². The van der Waals surface area contributed by atoms with E-state index >= 15 is 0 Å². The highest BCUT2D eigenvalue weighted by molar-refractivity contribution is 8.03. The van der Waals surface area contributed by atoms with Crippen LogP contribution in [0.3, 0.4) is 0 Å². The number of sulfonamides is 1. The molecule has 2 radical (unpaired) electrons. The van der Waals surface area contributed by atoms with E-state index < -0.39 is 20.7 Å². The quantitative estimate of drug-likeness (QED) is 0.478. The molecule has 0 saturated carbocycles. The molecular formula is C22H20BCl2N3O3S3. The summed E-state index contributed by atoms with van der Waals surface area (Å²) in [4.78, 5) is 16.1. The van der Waals surface area contributed by atoms with Crippen molar-refractivity contribution in [1.29, 1.82) is 0 Å². The Bertz CT molecular complexity index is 1330. The van der Waals surface area contributed by atoms with Crippen molar-refractivity contribution in [3.05, 3.63) is 69.2 Å². The predicted octanol–water partition coefficient (Wildman–Crippen LogP) is 5.20. The Kier molecular flexibility index (Phi) is 7.27. The van der Waals surface area contributed by atoms with Gasteiger partial charge in [0.05, 0.1) is 27.4 Å². The first-order chi connectivity index (χ1) is 15.9. The number of carbonyl (C=O) groups excluding carboxylic acids is 1. The average molecular weight is 552 g/mol. The van der Waals surface area contributed by atoms with E-state index in [4.69, 9.17) is 31.0 Å². The zero-order valence-corrected chi connectivity index (χ0v) is 22.2. The third-order valence-electron chi connectivity index (χ3n) is 4.96. The number of rotatable bonds is 6. The molecule has 0 aromatic heterocycles. The van der Waals surface area contributed by atoms with Gasteiger partial charge in [0.2, 0.25) is 10.0 Å². The lowest BCUT2D eigenvalue weighted by Gasteiger charge is -2.23. The minimum Gasteiger partial charge on any atom is -0.375 e. The molecule has 2 aromatic rings. The number of halogens is 2. The van der Waals surface area contributed by atoms with Gasteiger partial charge in [0.25, 0.3) is 5.91 Å². The molecule has 0 saturated heterocycles. The Morgan fingerprint density at radius 3 is 2.56 bits per heavy atom. The fourth-order valence-corrected chi connectivity index (χ4v) is 6.61. The molecule has 176 valence electrons. The zero-order chi connectivity index (χ0) is 24.7. The number of thioether (sulfide) groups is 2. The zero-order valence-electron chi connectivity index (χ0n) is 18.3. The second-order valence-corrected chi connectivity index (χ2v) is 12.8. The van der Waals surface area contributed by atoms with Crippen molar-refractivity contribution in [2.75, 3.05) is 23.0 Å². The van der Waals surface area contributed by atoms with Gasteiger partial charge < -0.3 is 10.2 Å². The number of nitrogens with one attached hydrogen (secondary N) is 2. The average Bonchev–Trinajstić information content (AvgIpc) is 3.22. The molecular weight excluding hydrogens is 532 g/mol. The van der Waals surface area contributed by atoms with Gasteiger partial charge in [-0.1, -0.05) is 48.0 Å². The van der Waals surface area contributed by atoms with Gasteiger partial charge in [-0.25, -0.2) is 8.42 Å². The molecule has 1 unspecified atom stereocenters. The summed E-state index contributed by atoms with van der Waals surface area (Å²) in [6.45, 7) is 1.83. The molecule has 2 aliphatic rings. The molecule has 6 nitrogen and oxygen atoms in total. The summed E-state index contributed by atoms with van der Waals surface area (Å²) in [5, 5.41) is 5.22. The molecule has 2 N–H and O–H groups in total. The van der Waals surface area contributed by atoms with E-state index in [9.17, 15) is 13.2 Å². The lowest BCUT2D eigenvalue weighted by atomic mass is 9.92. The maximum Gasteiger partial charge on any atom is 0.253 e. The van der Waals surface area contributed by atoms with Gasteiger partial charge >= 0.3 is 0 Å². The standard InChI is InChI=1S/C22H20BCl2N3O3S3/c1-3-13(11-22(23)26-16-9-14(24)4-6-18(16)33-22)8-21-28(12-20(29)27-34(2,30)31)17-10-15(25)5-7-19(17)32-21/h4-11,26H,3,12H2,1-2H3,(H,27,29)/b13-11+,21-8?. The lowest BCUT2D eigenvalue weighted by molar-refractivity contribution is -0.117. The molecule has 2 heterocycles. The summed E-state index contributed by atoms with van der Waals surface area (Å²) >= 11 is 15.3. The normalized spacial score (nSPS) is 20.8. The number of benzene rings is 2. The van der Waals surface area contributed by atoms with Gasteiger partial charge in [0.15, 0.2) is 0 Å². The van der Waals surface area contributed by atoms with Crippen molar-refractivity contribution in [3.63, 3.8) is 0 Å². The van der Waals surface area contributed by atoms with Crippen LogP contribution in [0.5, 0.6) is 0 Å². The largest absolute Gasteiger partial charge is 0.375 e. The van der Waals surface area contributed by atoms with Crippen LogP contribution in [0.1, 0.15) is 13.3 Å². The highest BCUT2D eigenvalue weighted by atomic mass is 35.5. The summed E-state index contributed by atoms with van der Waals surface area (Å²) in [6, 6.07) is 11.0. The van der Waals surface area contributed by atoms with E-state index in [-0.39, 0.29) is 6.54 Å². The lowest BCUT2D eigenvalue weighted by Crippen LogP contribution is -2.38. The van der Waals surface area contributed by atoms with Crippen LogP contribution < -0.4 is 14.9 Å². The number of fused-ring (bicyclic) bond motifs is 2. The molecule has 4 rings (SSSR count). The van der Waals surface area contributed by atoms with Crippen LogP contribution in [0.25, 0.3) is 0 Å². The van der Waals surface area contributed by atoms with Crippen molar-refractivity contribution >= 4 is 81.9 Å². The monoisotopic (exact) mass is 551 g/mol. The molecule has 34 heavy (non-hydrogen) atoms. The number of nitrogens with zero attached hydrogens (tertiary/aromatic N) is 1. The predicted molar refractivity (Wildman–Crippen MR) is 144 cm³/mol. The van der Waals surface area contributed by atoms with Gasteiger partial charge in [-0.3, -0.25) is 9.52 Å². The van der Waals surface area contributed by atoms with Crippen molar-refractivity contribution in [2.24, 2.45) is 0 Å². The third-order valence-corrected chi connectivity index (χ3v) is 8.28. The highest BCUT2D eigenvalue weighted by Crippen LogP contribution is 2.48. The number of hydrogen-bond acceptors (Lipinski definition) is 7. The fourth-order valence-electron chi connectivity index (χ4n) is 3.58. The van der Waals surface area contributed by atoms with E-state index in [0.29, 0.717) is 16.5 Å². The van der Waals surface area contributed by atoms with Crippen molar-refractivity contribution < 1.29 is 13.2 Å². The summed E-state index contributed by atoms with van der Waals surface area (Å²) < 4.78 is 24.2. The molecule has 0 bridgehead atoms. The molecule has 12 heteroatoms. The van der Waals surface area contributed by atoms with Crippen LogP contribution >= 0.6 is 46.7 Å². The minimum atomic E-state index is -3.68. The second-order valence-electron chi connectivity index (χ2n) is 7.81. The molecule has 1 atom stereocenters. The van der Waals surface area contributed by atoms with Crippen molar-refractivity contribution in [1.82, 2.24) is 4.72 Å². The van der Waals surface area contributed by atoms with Crippen LogP contribution in [0, 0.1) is 0 Å². The second kappa shape index (κ2) is 9.74. The summed E-state index contributed by atoms with van der Waals surface area (Å²) in [5.41, 5.74) is 2.55. The molecule has 0 aliphatic carbocycles. The fraction of sp³-hybridized carbons (Fsp3) is 0.227. The van der Waals surface area contributed by atoms with E-state index in [0.717, 1.165) is 38.0 Å². The van der Waals surface area contributed by atoms with Gasteiger partial charge in [0.1, 0.15) is 14.4 Å². The molecule has 0 fully saturated rings. The SMILES string of the molecule is [B]C1(/C=C(/C=C2Sc3ccc(Cl)cc3N2CC(=O)NS(C)(=O)=O)CC)Nc2cc(Cl)ccc2S1. The maximum atomic E-state index is 12.4. The Balaban J connectivity index is 1.65. The third kappa shape index (κ3) is 5.91. The minimum absolute atomic E-state index is 0.180. The van der Waals surface area contributed by atoms with E-state index in [1.54, 1.807) is 17.0 Å². The Hall–Kier alpha value is -1.72. The van der Waals surface area contributed by atoms with Gasteiger partial charge in [0, 0.05) is 19.8 Å². The van der Waals surface area contributed by atoms with E-state index in [2.05, 4.69) is 5.32 Å². The van der Waals surface area contributed by atoms with Gasteiger partial charge in [-0.2, -0.15) is 0 Å². The smallest absolute Gasteiger partial charge is 0.253 e. The van der Waals surface area contributed by atoms with Crippen LogP contribution in [-0.2, 0) is 14.8 Å². The Labute approximate surface area is 219 Å². The van der Waals surface area contributed by atoms with Crippen molar-refractivity contribution in [2.45, 2.75) is 27.9 Å². The topological polar surface area (TPSA) is 78.5 Å². The van der Waals surface area contributed by atoms with Crippen molar-refractivity contribution in [3.8, 4) is 0 Å². The number of carbonyl (C=O) groups is 1. The highest BCUT2D eigenvalue weighted by Gasteiger charge is 2.32. The molecule has 1 amide bonds. The first-order valence-corrected chi connectivity index (χ1v) is 14.5. The van der Waals surface area contributed by atoms with Crippen LogP contribution in [-0.4, -0.2) is 39.7 Å². The van der Waals surface area contributed by atoms with E-state index in [1.807, 2.05) is 48.1 Å². The Morgan fingerprint density at radius 2 is 1.88 bits per heavy atom.